The van der Waals surface area contributed by atoms with Crippen LogP contribution in [0.5, 0.6) is 0 Å². The first-order valence-electron chi connectivity index (χ1n) is 8.74. The molecule has 5 N–H and O–H groups in total. The van der Waals surface area contributed by atoms with Crippen molar-refractivity contribution in [2.75, 3.05) is 11.5 Å². The number of thiazole rings is 2. The number of carboxylic acids is 1. The van der Waals surface area contributed by atoms with Crippen molar-refractivity contribution < 1.29 is 24.7 Å². The summed E-state index contributed by atoms with van der Waals surface area (Å²) in [5.74, 6) is -2.40. The van der Waals surface area contributed by atoms with Crippen LogP contribution in [0.3, 0.4) is 0 Å². The summed E-state index contributed by atoms with van der Waals surface area (Å²) in [6.45, 7) is 0. The molecule has 2 aromatic heterocycles. The summed E-state index contributed by atoms with van der Waals surface area (Å²) in [6.07, 6.45) is 3.24. The van der Waals surface area contributed by atoms with Crippen LogP contribution >= 0.6 is 46.0 Å². The highest BCUT2D eigenvalue weighted by Gasteiger charge is 2.54. The Bertz CT molecular complexity index is 1200. The molecule has 0 saturated carbocycles. The summed E-state index contributed by atoms with van der Waals surface area (Å²) in [5, 5.41) is 25.7. The number of hydrogen-bond acceptors (Lipinski definition) is 11. The Morgan fingerprint density at radius 1 is 1.38 bits per heavy atom. The molecule has 166 valence electrons. The summed E-state index contributed by atoms with van der Waals surface area (Å²) >= 11 is 9.61. The van der Waals surface area contributed by atoms with Gasteiger partial charge in [0.1, 0.15) is 28.0 Å². The molecule has 32 heavy (non-hydrogen) atoms. The number of nitrogen functional groups attached to an aromatic ring is 1. The molecule has 0 radical (unpaired) electrons. The van der Waals surface area contributed by atoms with Crippen LogP contribution in [0, 0.1) is 0 Å². The first-order chi connectivity index (χ1) is 15.3. The molecule has 2 aliphatic rings. The molecule has 1 saturated heterocycles. The van der Waals surface area contributed by atoms with Gasteiger partial charge in [-0.25, -0.2) is 14.8 Å². The van der Waals surface area contributed by atoms with Crippen molar-refractivity contribution in [2.24, 2.45) is 5.16 Å². The molecule has 2 atom stereocenters. The number of anilines is 1. The molecule has 2 amide bonds. The lowest BCUT2D eigenvalue weighted by Crippen LogP contribution is -2.71. The Morgan fingerprint density at radius 2 is 2.16 bits per heavy atom. The number of rotatable bonds is 6. The number of fused-ring (bicyclic) bond motifs is 1. The topological polar surface area (TPSA) is 171 Å². The van der Waals surface area contributed by atoms with E-state index in [1.807, 2.05) is 0 Å². The highest BCUT2D eigenvalue weighted by molar-refractivity contribution is 8.00. The number of thioether (sulfide) groups is 1. The number of carbonyl (C=O) groups is 3. The van der Waals surface area contributed by atoms with Crippen LogP contribution < -0.4 is 11.1 Å². The maximum atomic E-state index is 12.7. The van der Waals surface area contributed by atoms with E-state index in [4.69, 9.17) is 17.3 Å². The van der Waals surface area contributed by atoms with Gasteiger partial charge in [-0.2, -0.15) is 0 Å². The summed E-state index contributed by atoms with van der Waals surface area (Å²) in [4.78, 5) is 46.8. The quantitative estimate of drug-likeness (QED) is 0.193. The standard InChI is InChI=1S/C17H13ClN6O5S3/c18-12-8(32-5-20-12)2-1-6-3-30-15-10(14(26)24(15)11(6)16(27)28)22-13(25)9(23-29)7-4-31-17(19)21-7/h1-2,4-5,10,15,29H,3H2,(H2,19,21)(H,22,25)(H,27,28)/b2-1+,23-9+/t10?,15-/m1/s1. The zero-order chi connectivity index (χ0) is 23.0. The Balaban J connectivity index is 1.53. The molecule has 0 aromatic carbocycles. The van der Waals surface area contributed by atoms with Crippen molar-refractivity contribution >= 4 is 80.7 Å². The number of β-lactam (4-membered cyclic amide) rings is 1. The number of amides is 2. The summed E-state index contributed by atoms with van der Waals surface area (Å²) in [6, 6.07) is -0.990. The molecule has 1 unspecified atom stereocenters. The smallest absolute Gasteiger partial charge is 0.352 e. The van der Waals surface area contributed by atoms with Gasteiger partial charge in [-0.15, -0.1) is 34.4 Å². The van der Waals surface area contributed by atoms with Crippen LogP contribution in [0.4, 0.5) is 5.13 Å². The fourth-order valence-corrected chi connectivity index (χ4v) is 5.85. The molecule has 2 aromatic rings. The monoisotopic (exact) mass is 512 g/mol. The number of halogens is 1. The Labute approximate surface area is 197 Å². The van der Waals surface area contributed by atoms with E-state index in [1.54, 1.807) is 17.7 Å². The van der Waals surface area contributed by atoms with E-state index in [1.165, 1.54) is 28.5 Å². The predicted molar refractivity (Wildman–Crippen MR) is 121 cm³/mol. The number of hydrogen-bond donors (Lipinski definition) is 4. The molecule has 15 heteroatoms. The van der Waals surface area contributed by atoms with Gasteiger partial charge < -0.3 is 21.4 Å². The molecule has 4 heterocycles. The summed E-state index contributed by atoms with van der Waals surface area (Å²) in [5.41, 5.74) is 7.03. The van der Waals surface area contributed by atoms with E-state index in [2.05, 4.69) is 20.4 Å². The van der Waals surface area contributed by atoms with Crippen molar-refractivity contribution in [3.8, 4) is 0 Å². The van der Waals surface area contributed by atoms with Gasteiger partial charge in [0.25, 0.3) is 11.8 Å². The lowest BCUT2D eigenvalue weighted by atomic mass is 10.0. The molecular formula is C17H13ClN6O5S3. The van der Waals surface area contributed by atoms with E-state index < -0.39 is 34.9 Å². The van der Waals surface area contributed by atoms with Crippen molar-refractivity contribution in [2.45, 2.75) is 11.4 Å². The zero-order valence-electron chi connectivity index (χ0n) is 15.8. The van der Waals surface area contributed by atoms with Gasteiger partial charge in [0.15, 0.2) is 10.8 Å². The van der Waals surface area contributed by atoms with Gasteiger partial charge in [0.05, 0.1) is 10.4 Å². The fourth-order valence-electron chi connectivity index (χ4n) is 3.12. The highest BCUT2D eigenvalue weighted by Crippen LogP contribution is 2.41. The van der Waals surface area contributed by atoms with Crippen LogP contribution in [0.2, 0.25) is 5.15 Å². The third-order valence-corrected chi connectivity index (χ3v) is 7.74. The van der Waals surface area contributed by atoms with Gasteiger partial charge in [-0.3, -0.25) is 14.5 Å². The fraction of sp³-hybridized carbons (Fsp3) is 0.176. The van der Waals surface area contributed by atoms with Crippen LogP contribution in [0.25, 0.3) is 6.08 Å². The van der Waals surface area contributed by atoms with Gasteiger partial charge in [0, 0.05) is 11.1 Å². The van der Waals surface area contributed by atoms with Crippen molar-refractivity contribution in [3.63, 3.8) is 0 Å². The second kappa shape index (κ2) is 8.90. The lowest BCUT2D eigenvalue weighted by Gasteiger charge is -2.49. The Hall–Kier alpha value is -2.94. The number of carbonyl (C=O) groups excluding carboxylic acids is 2. The summed E-state index contributed by atoms with van der Waals surface area (Å²) < 4.78 is 0. The van der Waals surface area contributed by atoms with E-state index in [9.17, 15) is 24.7 Å². The maximum Gasteiger partial charge on any atom is 0.352 e. The van der Waals surface area contributed by atoms with Crippen LogP contribution in [-0.2, 0) is 14.4 Å². The minimum Gasteiger partial charge on any atom is -0.477 e. The van der Waals surface area contributed by atoms with Crippen molar-refractivity contribution in [1.29, 1.82) is 0 Å². The minimum atomic E-state index is -1.26. The first-order valence-corrected chi connectivity index (χ1v) is 11.9. The summed E-state index contributed by atoms with van der Waals surface area (Å²) in [7, 11) is 0. The second-order valence-electron chi connectivity index (χ2n) is 6.40. The molecule has 2 aliphatic heterocycles. The van der Waals surface area contributed by atoms with E-state index in [0.29, 0.717) is 21.4 Å². The number of nitrogens with zero attached hydrogens (tertiary/aromatic N) is 4. The molecule has 1 fully saturated rings. The zero-order valence-corrected chi connectivity index (χ0v) is 19.0. The largest absolute Gasteiger partial charge is 0.477 e. The number of aliphatic carboxylic acids is 1. The normalized spacial score (nSPS) is 21.0. The number of aromatic nitrogens is 2. The maximum absolute atomic E-state index is 12.7. The molecular weight excluding hydrogens is 500 g/mol. The van der Waals surface area contributed by atoms with E-state index >= 15 is 0 Å². The number of carboxylic acid groups (broad SMARTS) is 1. The Morgan fingerprint density at radius 3 is 2.75 bits per heavy atom. The first kappa shape index (κ1) is 22.3. The number of nitrogens with two attached hydrogens (primary N) is 1. The molecule has 4 rings (SSSR count). The minimum absolute atomic E-state index is 0.0627. The molecule has 0 aliphatic carbocycles. The lowest BCUT2D eigenvalue weighted by molar-refractivity contribution is -0.150. The average molecular weight is 513 g/mol. The van der Waals surface area contributed by atoms with Gasteiger partial charge in [0.2, 0.25) is 0 Å². The van der Waals surface area contributed by atoms with Gasteiger partial charge in [-0.1, -0.05) is 22.8 Å². The highest BCUT2D eigenvalue weighted by atomic mass is 35.5. The number of allylic oxidation sites excluding steroid dienone is 1. The number of nitrogens with one attached hydrogen (secondary N) is 1. The molecule has 0 bridgehead atoms. The average Bonchev–Trinajstić information content (AvgIpc) is 3.37. The van der Waals surface area contributed by atoms with Gasteiger partial charge in [-0.05, 0) is 11.6 Å². The number of oxime groups is 1. The van der Waals surface area contributed by atoms with Crippen LogP contribution in [0.15, 0.2) is 33.4 Å². The third kappa shape index (κ3) is 3.97. The van der Waals surface area contributed by atoms with Crippen LogP contribution in [-0.4, -0.2) is 65.8 Å². The SMILES string of the molecule is Nc1nc(/C(=N\O)C(=O)NC2C(=O)N3C(C(=O)O)=C(/C=C/c4scnc4Cl)CS[C@H]23)cs1. The molecule has 0 spiro atoms. The van der Waals surface area contributed by atoms with Crippen molar-refractivity contribution in [1.82, 2.24) is 20.2 Å². The van der Waals surface area contributed by atoms with E-state index in [-0.39, 0.29) is 16.5 Å². The second-order valence-corrected chi connectivity index (χ2v) is 9.64. The van der Waals surface area contributed by atoms with E-state index in [0.717, 1.165) is 16.2 Å². The Kier molecular flexibility index (Phi) is 6.19. The molecule has 11 nitrogen and oxygen atoms in total. The predicted octanol–water partition coefficient (Wildman–Crippen LogP) is 1.47. The van der Waals surface area contributed by atoms with Crippen molar-refractivity contribution in [3.05, 3.63) is 44.0 Å². The van der Waals surface area contributed by atoms with Gasteiger partial charge >= 0.3 is 5.97 Å². The third-order valence-electron chi connectivity index (χ3n) is 4.55. The van der Waals surface area contributed by atoms with Crippen LogP contribution in [0.1, 0.15) is 10.6 Å².